The van der Waals surface area contributed by atoms with Crippen molar-refractivity contribution in [2.45, 2.75) is 13.0 Å². The molecule has 0 aliphatic carbocycles. The number of nitrogens with zero attached hydrogens (tertiary/aromatic N) is 1. The summed E-state index contributed by atoms with van der Waals surface area (Å²) < 4.78 is 13.9. The quantitative estimate of drug-likeness (QED) is 0.923. The fourth-order valence-electron chi connectivity index (χ4n) is 1.66. The Bertz CT molecular complexity index is 527. The third-order valence-electron chi connectivity index (χ3n) is 2.46. The molecule has 1 heterocycles. The second-order valence-corrected chi connectivity index (χ2v) is 4.99. The summed E-state index contributed by atoms with van der Waals surface area (Å²) in [5.74, 6) is -0.388. The fourth-order valence-corrected chi connectivity index (χ4v) is 2.76. The van der Waals surface area contributed by atoms with Crippen LogP contribution in [0, 0.1) is 12.7 Å². The van der Waals surface area contributed by atoms with Gasteiger partial charge in [0.2, 0.25) is 0 Å². The molecule has 2 nitrogen and oxygen atoms in total. The zero-order valence-electron chi connectivity index (χ0n) is 9.50. The third-order valence-corrected chi connectivity index (χ3v) is 3.78. The van der Waals surface area contributed by atoms with Crippen molar-refractivity contribution in [2.75, 3.05) is 7.05 Å². The van der Waals surface area contributed by atoms with Gasteiger partial charge in [-0.05, 0) is 20.0 Å². The van der Waals surface area contributed by atoms with Crippen LogP contribution in [0.5, 0.6) is 0 Å². The molecule has 0 aliphatic heterocycles. The summed E-state index contributed by atoms with van der Waals surface area (Å²) in [5, 5.41) is 5.99. The Kier molecular flexibility index (Phi) is 3.76. The lowest BCUT2D eigenvalue weighted by Gasteiger charge is -2.15. The lowest BCUT2D eigenvalue weighted by Crippen LogP contribution is -2.19. The zero-order chi connectivity index (χ0) is 12.4. The first-order valence-corrected chi connectivity index (χ1v) is 6.42. The highest BCUT2D eigenvalue weighted by molar-refractivity contribution is 7.09. The van der Waals surface area contributed by atoms with Gasteiger partial charge in [-0.2, -0.15) is 0 Å². The summed E-state index contributed by atoms with van der Waals surface area (Å²) in [7, 11) is 1.78. The molecule has 0 fully saturated rings. The molecular formula is C12H12ClFN2S. The van der Waals surface area contributed by atoms with Crippen molar-refractivity contribution in [3.63, 3.8) is 0 Å². The second kappa shape index (κ2) is 5.12. The van der Waals surface area contributed by atoms with Gasteiger partial charge >= 0.3 is 0 Å². The number of aryl methyl sites for hydroxylation is 1. The van der Waals surface area contributed by atoms with E-state index in [0.29, 0.717) is 5.56 Å². The number of rotatable bonds is 3. The van der Waals surface area contributed by atoms with Gasteiger partial charge in [0.1, 0.15) is 10.8 Å². The van der Waals surface area contributed by atoms with E-state index < -0.39 is 0 Å². The van der Waals surface area contributed by atoms with Crippen LogP contribution < -0.4 is 5.32 Å². The van der Waals surface area contributed by atoms with Crippen molar-refractivity contribution >= 4 is 22.9 Å². The highest BCUT2D eigenvalue weighted by Crippen LogP contribution is 2.29. The number of benzene rings is 1. The highest BCUT2D eigenvalue weighted by Gasteiger charge is 2.20. The number of nitrogens with one attached hydrogen (secondary N) is 1. The van der Waals surface area contributed by atoms with Gasteiger partial charge in [0, 0.05) is 16.6 Å². The molecule has 2 rings (SSSR count). The predicted octanol–water partition coefficient (Wildman–Crippen LogP) is 3.55. The molecule has 0 amide bonds. The summed E-state index contributed by atoms with van der Waals surface area (Å²) in [5.41, 5.74) is 1.46. The lowest BCUT2D eigenvalue weighted by atomic mass is 10.1. The molecule has 5 heteroatoms. The zero-order valence-corrected chi connectivity index (χ0v) is 11.1. The van der Waals surface area contributed by atoms with Crippen LogP contribution in [0.25, 0.3) is 0 Å². The summed E-state index contributed by atoms with van der Waals surface area (Å²) >= 11 is 7.30. The minimum absolute atomic E-state index is 0.135. The minimum Gasteiger partial charge on any atom is -0.307 e. The van der Waals surface area contributed by atoms with E-state index in [1.54, 1.807) is 25.2 Å². The van der Waals surface area contributed by atoms with Gasteiger partial charge in [0.15, 0.2) is 0 Å². The Morgan fingerprint density at radius 1 is 1.47 bits per heavy atom. The van der Waals surface area contributed by atoms with E-state index in [9.17, 15) is 4.39 Å². The van der Waals surface area contributed by atoms with Crippen molar-refractivity contribution in [1.82, 2.24) is 10.3 Å². The number of hydrogen-bond donors (Lipinski definition) is 1. The minimum atomic E-state index is -0.388. The van der Waals surface area contributed by atoms with E-state index in [-0.39, 0.29) is 16.9 Å². The second-order valence-electron chi connectivity index (χ2n) is 3.69. The third kappa shape index (κ3) is 2.49. The van der Waals surface area contributed by atoms with Crippen molar-refractivity contribution in [3.8, 4) is 0 Å². The Hall–Kier alpha value is -0.970. The molecule has 0 saturated heterocycles. The topological polar surface area (TPSA) is 24.9 Å². The van der Waals surface area contributed by atoms with E-state index in [1.165, 1.54) is 11.3 Å². The maximum Gasteiger partial charge on any atom is 0.146 e. The maximum absolute atomic E-state index is 13.9. The van der Waals surface area contributed by atoms with Gasteiger partial charge in [-0.3, -0.25) is 0 Å². The molecule has 17 heavy (non-hydrogen) atoms. The highest BCUT2D eigenvalue weighted by atomic mass is 35.5. The van der Waals surface area contributed by atoms with Crippen molar-refractivity contribution in [2.24, 2.45) is 0 Å². The predicted molar refractivity (Wildman–Crippen MR) is 69.2 cm³/mol. The van der Waals surface area contributed by atoms with Crippen molar-refractivity contribution < 1.29 is 4.39 Å². The van der Waals surface area contributed by atoms with Gasteiger partial charge in [-0.15, -0.1) is 11.3 Å². The molecule has 1 aromatic carbocycles. The van der Waals surface area contributed by atoms with Crippen molar-refractivity contribution in [3.05, 3.63) is 50.7 Å². The summed E-state index contributed by atoms with van der Waals surface area (Å²) in [6.07, 6.45) is 0. The van der Waals surface area contributed by atoms with Crippen LogP contribution in [0.2, 0.25) is 5.02 Å². The smallest absolute Gasteiger partial charge is 0.146 e. The molecule has 90 valence electrons. The van der Waals surface area contributed by atoms with Gasteiger partial charge in [-0.25, -0.2) is 9.37 Å². The number of halogens is 2. The van der Waals surface area contributed by atoms with Gasteiger partial charge < -0.3 is 5.32 Å². The molecule has 1 unspecified atom stereocenters. The van der Waals surface area contributed by atoms with Crippen LogP contribution in [0.3, 0.4) is 0 Å². The monoisotopic (exact) mass is 270 g/mol. The number of aromatic nitrogens is 1. The molecule has 0 spiro atoms. The summed E-state index contributed by atoms with van der Waals surface area (Å²) in [6.45, 7) is 1.92. The van der Waals surface area contributed by atoms with Crippen LogP contribution in [-0.4, -0.2) is 12.0 Å². The largest absolute Gasteiger partial charge is 0.307 e. The molecule has 1 atom stereocenters. The van der Waals surface area contributed by atoms with E-state index in [0.717, 1.165) is 10.7 Å². The first-order chi connectivity index (χ1) is 8.13. The maximum atomic E-state index is 13.9. The summed E-state index contributed by atoms with van der Waals surface area (Å²) in [6, 6.07) is 4.75. The van der Waals surface area contributed by atoms with E-state index >= 15 is 0 Å². The van der Waals surface area contributed by atoms with Crippen molar-refractivity contribution in [1.29, 1.82) is 0 Å². The van der Waals surface area contributed by atoms with Gasteiger partial charge in [-0.1, -0.05) is 23.7 Å². The van der Waals surface area contributed by atoms with Crippen LogP contribution in [-0.2, 0) is 0 Å². The standard InChI is InChI=1S/C12H12ClFN2S/c1-7-6-17-12(16-7)11(15-2)8-4-3-5-9(13)10(8)14/h3-6,11,15H,1-2H3. The molecule has 0 bridgehead atoms. The Morgan fingerprint density at radius 3 is 2.82 bits per heavy atom. The van der Waals surface area contributed by atoms with Crippen LogP contribution in [0.15, 0.2) is 23.6 Å². The summed E-state index contributed by atoms with van der Waals surface area (Å²) in [4.78, 5) is 4.38. The molecule has 1 N–H and O–H groups in total. The van der Waals surface area contributed by atoms with Crippen LogP contribution >= 0.6 is 22.9 Å². The van der Waals surface area contributed by atoms with Gasteiger partial charge in [0.05, 0.1) is 11.1 Å². The molecule has 2 aromatic rings. The van der Waals surface area contributed by atoms with E-state index in [4.69, 9.17) is 11.6 Å². The van der Waals surface area contributed by atoms with E-state index in [1.807, 2.05) is 12.3 Å². The molecule has 0 saturated carbocycles. The first kappa shape index (κ1) is 12.5. The molecule has 1 aromatic heterocycles. The Balaban J connectivity index is 2.45. The fraction of sp³-hybridized carbons (Fsp3) is 0.250. The average molecular weight is 271 g/mol. The molecule has 0 radical (unpaired) electrons. The van der Waals surface area contributed by atoms with E-state index in [2.05, 4.69) is 10.3 Å². The Labute approximate surface area is 108 Å². The SMILES string of the molecule is CNC(c1nc(C)cs1)c1cccc(Cl)c1F. The molecule has 0 aliphatic rings. The van der Waals surface area contributed by atoms with Crippen LogP contribution in [0.1, 0.15) is 22.3 Å². The average Bonchev–Trinajstić information content (AvgIpc) is 2.72. The molecular weight excluding hydrogens is 259 g/mol. The number of hydrogen-bond acceptors (Lipinski definition) is 3. The number of thiazole rings is 1. The van der Waals surface area contributed by atoms with Crippen LogP contribution in [0.4, 0.5) is 4.39 Å². The Morgan fingerprint density at radius 2 is 2.24 bits per heavy atom. The lowest BCUT2D eigenvalue weighted by molar-refractivity contribution is 0.575. The normalized spacial score (nSPS) is 12.7. The first-order valence-electron chi connectivity index (χ1n) is 5.16. The van der Waals surface area contributed by atoms with Gasteiger partial charge in [0.25, 0.3) is 0 Å².